The highest BCUT2D eigenvalue weighted by Crippen LogP contribution is 2.36. The van der Waals surface area contributed by atoms with Crippen LogP contribution in [0.4, 0.5) is 0 Å². The topological polar surface area (TPSA) is 45.6 Å². The van der Waals surface area contributed by atoms with Gasteiger partial charge in [-0.2, -0.15) is 0 Å². The molecule has 0 bridgehead atoms. The van der Waals surface area contributed by atoms with Gasteiger partial charge < -0.3 is 9.84 Å². The minimum absolute atomic E-state index is 0.0288. The summed E-state index contributed by atoms with van der Waals surface area (Å²) >= 11 is 0. The van der Waals surface area contributed by atoms with E-state index < -0.39 is 0 Å². The van der Waals surface area contributed by atoms with Crippen molar-refractivity contribution in [3.63, 3.8) is 0 Å². The summed E-state index contributed by atoms with van der Waals surface area (Å²) in [5, 5.41) is 9.32. The Balaban J connectivity index is 1.81. The second-order valence-corrected chi connectivity index (χ2v) is 5.21. The zero-order chi connectivity index (χ0) is 12.4. The van der Waals surface area contributed by atoms with Crippen molar-refractivity contribution in [1.29, 1.82) is 0 Å². The van der Waals surface area contributed by atoms with Crippen molar-refractivity contribution in [3.05, 3.63) is 30.1 Å². The third-order valence-corrected chi connectivity index (χ3v) is 4.00. The third kappa shape index (κ3) is 2.28. The van der Waals surface area contributed by atoms with Crippen LogP contribution in [0.2, 0.25) is 0 Å². The minimum atomic E-state index is -0.0594. The first-order valence-electron chi connectivity index (χ1n) is 6.80. The lowest BCUT2D eigenvalue weighted by Gasteiger charge is -2.28. The van der Waals surface area contributed by atoms with Gasteiger partial charge in [-0.05, 0) is 18.9 Å². The lowest BCUT2D eigenvalue weighted by molar-refractivity contribution is -0.0297. The summed E-state index contributed by atoms with van der Waals surface area (Å²) in [4.78, 5) is 6.58. The van der Waals surface area contributed by atoms with Crippen LogP contribution in [-0.4, -0.2) is 40.3 Å². The van der Waals surface area contributed by atoms with Crippen LogP contribution in [0, 0.1) is 0 Å². The van der Waals surface area contributed by atoms with Gasteiger partial charge in [-0.1, -0.05) is 18.9 Å². The Bertz CT molecular complexity index is 379. The standard InChI is InChI=1S/C14H20N2O2/c17-10-13-9-16(12-5-1-2-6-12)14(18-13)11-4-3-7-15-8-11/h3-4,7-8,12-14,17H,1-2,5-6,9-10H2. The first-order chi connectivity index (χ1) is 8.88. The fraction of sp³-hybridized carbons (Fsp3) is 0.643. The fourth-order valence-corrected chi connectivity index (χ4v) is 3.10. The molecule has 1 aliphatic heterocycles. The van der Waals surface area contributed by atoms with Gasteiger partial charge in [-0.15, -0.1) is 0 Å². The number of rotatable bonds is 3. The highest BCUT2D eigenvalue weighted by molar-refractivity contribution is 5.13. The summed E-state index contributed by atoms with van der Waals surface area (Å²) in [5.41, 5.74) is 1.10. The van der Waals surface area contributed by atoms with Crippen molar-refractivity contribution in [2.75, 3.05) is 13.2 Å². The Morgan fingerprint density at radius 2 is 2.22 bits per heavy atom. The molecule has 1 saturated heterocycles. The van der Waals surface area contributed by atoms with Gasteiger partial charge in [-0.25, -0.2) is 0 Å². The van der Waals surface area contributed by atoms with Crippen LogP contribution in [0.3, 0.4) is 0 Å². The molecule has 2 atom stereocenters. The number of aliphatic hydroxyl groups is 1. The SMILES string of the molecule is OCC1CN(C2CCCC2)C(c2cccnc2)O1. The van der Waals surface area contributed by atoms with Crippen LogP contribution in [-0.2, 0) is 4.74 Å². The number of hydrogen-bond acceptors (Lipinski definition) is 4. The Hall–Kier alpha value is -0.970. The van der Waals surface area contributed by atoms with Gasteiger partial charge in [0.2, 0.25) is 0 Å². The molecule has 2 aliphatic rings. The maximum absolute atomic E-state index is 9.32. The van der Waals surface area contributed by atoms with Gasteiger partial charge >= 0.3 is 0 Å². The van der Waals surface area contributed by atoms with Crippen LogP contribution >= 0.6 is 0 Å². The normalized spacial score (nSPS) is 30.1. The molecular weight excluding hydrogens is 228 g/mol. The summed E-state index contributed by atoms with van der Waals surface area (Å²) in [6.45, 7) is 0.931. The van der Waals surface area contributed by atoms with Crippen molar-refractivity contribution >= 4 is 0 Å². The molecule has 0 spiro atoms. The van der Waals surface area contributed by atoms with Gasteiger partial charge in [0, 0.05) is 30.5 Å². The zero-order valence-corrected chi connectivity index (χ0v) is 10.5. The van der Waals surface area contributed by atoms with Crippen LogP contribution in [0.25, 0.3) is 0 Å². The van der Waals surface area contributed by atoms with Crippen molar-refractivity contribution in [2.45, 2.75) is 44.1 Å². The Morgan fingerprint density at radius 3 is 2.89 bits per heavy atom. The smallest absolute Gasteiger partial charge is 0.139 e. The second kappa shape index (κ2) is 5.34. The molecule has 0 radical (unpaired) electrons. The lowest BCUT2D eigenvalue weighted by Crippen LogP contribution is -2.34. The Kier molecular flexibility index (Phi) is 3.59. The van der Waals surface area contributed by atoms with Gasteiger partial charge in [0.25, 0.3) is 0 Å². The van der Waals surface area contributed by atoms with E-state index in [0.29, 0.717) is 6.04 Å². The van der Waals surface area contributed by atoms with E-state index in [1.54, 1.807) is 6.20 Å². The highest BCUT2D eigenvalue weighted by Gasteiger charge is 2.38. The number of aliphatic hydroxyl groups excluding tert-OH is 1. The summed E-state index contributed by atoms with van der Waals surface area (Å²) in [6.07, 6.45) is 8.68. The minimum Gasteiger partial charge on any atom is -0.394 e. The molecule has 1 saturated carbocycles. The van der Waals surface area contributed by atoms with Crippen LogP contribution < -0.4 is 0 Å². The van der Waals surface area contributed by atoms with E-state index in [0.717, 1.165) is 12.1 Å². The molecule has 0 amide bonds. The van der Waals surface area contributed by atoms with Crippen LogP contribution in [0.15, 0.2) is 24.5 Å². The number of pyridine rings is 1. The van der Waals surface area contributed by atoms with Gasteiger partial charge in [0.1, 0.15) is 6.23 Å². The fourth-order valence-electron chi connectivity index (χ4n) is 3.10. The van der Waals surface area contributed by atoms with Crippen molar-refractivity contribution in [3.8, 4) is 0 Å². The molecule has 18 heavy (non-hydrogen) atoms. The van der Waals surface area contributed by atoms with Crippen molar-refractivity contribution in [1.82, 2.24) is 9.88 Å². The van der Waals surface area contributed by atoms with E-state index in [1.165, 1.54) is 25.7 Å². The lowest BCUT2D eigenvalue weighted by atomic mass is 10.1. The van der Waals surface area contributed by atoms with Crippen molar-refractivity contribution in [2.24, 2.45) is 0 Å². The van der Waals surface area contributed by atoms with Crippen molar-refractivity contribution < 1.29 is 9.84 Å². The molecule has 1 aromatic heterocycles. The van der Waals surface area contributed by atoms with E-state index in [9.17, 15) is 5.11 Å². The predicted octanol–water partition coefficient (Wildman–Crippen LogP) is 1.72. The predicted molar refractivity (Wildman–Crippen MR) is 67.9 cm³/mol. The molecule has 2 unspecified atom stereocenters. The van der Waals surface area contributed by atoms with Gasteiger partial charge in [0.05, 0.1) is 12.7 Å². The molecule has 2 heterocycles. The summed E-state index contributed by atoms with van der Waals surface area (Å²) < 4.78 is 5.96. The molecular formula is C14H20N2O2. The molecule has 1 N–H and O–H groups in total. The largest absolute Gasteiger partial charge is 0.394 e. The molecule has 98 valence electrons. The van der Waals surface area contributed by atoms with E-state index >= 15 is 0 Å². The van der Waals surface area contributed by atoms with Crippen LogP contribution in [0.5, 0.6) is 0 Å². The number of ether oxygens (including phenoxy) is 1. The van der Waals surface area contributed by atoms with E-state index in [-0.39, 0.29) is 18.9 Å². The summed E-state index contributed by atoms with van der Waals surface area (Å²) in [6, 6.07) is 4.60. The number of aromatic nitrogens is 1. The zero-order valence-electron chi connectivity index (χ0n) is 10.5. The maximum Gasteiger partial charge on any atom is 0.139 e. The Labute approximate surface area is 108 Å². The van der Waals surface area contributed by atoms with Gasteiger partial charge in [-0.3, -0.25) is 9.88 Å². The van der Waals surface area contributed by atoms with E-state index in [1.807, 2.05) is 12.3 Å². The molecule has 0 aromatic carbocycles. The van der Waals surface area contributed by atoms with Gasteiger partial charge in [0.15, 0.2) is 0 Å². The molecule has 4 nitrogen and oxygen atoms in total. The summed E-state index contributed by atoms with van der Waals surface area (Å²) in [7, 11) is 0. The molecule has 4 heteroatoms. The summed E-state index contributed by atoms with van der Waals surface area (Å²) in [5.74, 6) is 0. The average Bonchev–Trinajstić information content (AvgIpc) is 3.08. The molecule has 1 aromatic rings. The van der Waals surface area contributed by atoms with E-state index in [2.05, 4.69) is 16.0 Å². The first kappa shape index (κ1) is 12.1. The average molecular weight is 248 g/mol. The maximum atomic E-state index is 9.32. The second-order valence-electron chi connectivity index (χ2n) is 5.21. The third-order valence-electron chi connectivity index (χ3n) is 4.00. The highest BCUT2D eigenvalue weighted by atomic mass is 16.5. The Morgan fingerprint density at radius 1 is 1.39 bits per heavy atom. The van der Waals surface area contributed by atoms with Crippen LogP contribution in [0.1, 0.15) is 37.5 Å². The molecule has 1 aliphatic carbocycles. The first-order valence-corrected chi connectivity index (χ1v) is 6.80. The quantitative estimate of drug-likeness (QED) is 0.884. The number of nitrogens with zero attached hydrogens (tertiary/aromatic N) is 2. The monoisotopic (exact) mass is 248 g/mol. The molecule has 2 fully saturated rings. The number of hydrogen-bond donors (Lipinski definition) is 1. The van der Waals surface area contributed by atoms with E-state index in [4.69, 9.17) is 4.74 Å². The molecule has 3 rings (SSSR count).